The highest BCUT2D eigenvalue weighted by Gasteiger charge is 2.16. The summed E-state index contributed by atoms with van der Waals surface area (Å²) in [6.07, 6.45) is 0.886. The molecule has 1 aromatic carbocycles. The van der Waals surface area contributed by atoms with Gasteiger partial charge in [0, 0.05) is 11.6 Å². The fourth-order valence-corrected chi connectivity index (χ4v) is 1.92. The first-order chi connectivity index (χ1) is 7.91. The molecule has 0 aliphatic rings. The average molecular weight is 239 g/mol. The normalized spacial score (nSPS) is 14.8. The number of hydrogen-bond acceptors (Lipinski definition) is 2. The number of halogens is 1. The molecule has 2 unspecified atom stereocenters. The zero-order chi connectivity index (χ0) is 13.0. The molecule has 0 radical (unpaired) electrons. The third-order valence-corrected chi connectivity index (χ3v) is 2.61. The molecule has 2 N–H and O–H groups in total. The Morgan fingerprint density at radius 1 is 1.24 bits per heavy atom. The van der Waals surface area contributed by atoms with Crippen LogP contribution in [0.2, 0.25) is 0 Å². The van der Waals surface area contributed by atoms with Crippen molar-refractivity contribution in [2.24, 2.45) is 11.7 Å². The van der Waals surface area contributed by atoms with Gasteiger partial charge < -0.3 is 10.5 Å². The van der Waals surface area contributed by atoms with Gasteiger partial charge in [0.15, 0.2) is 11.6 Å². The van der Waals surface area contributed by atoms with Crippen LogP contribution in [0, 0.1) is 11.7 Å². The first-order valence-electron chi connectivity index (χ1n) is 6.12. The van der Waals surface area contributed by atoms with Gasteiger partial charge in [0.25, 0.3) is 0 Å². The molecule has 3 heteroatoms. The van der Waals surface area contributed by atoms with Crippen LogP contribution in [0.4, 0.5) is 4.39 Å². The lowest BCUT2D eigenvalue weighted by Crippen LogP contribution is -2.18. The predicted octanol–water partition coefficient (Wildman–Crippen LogP) is 3.66. The van der Waals surface area contributed by atoms with Gasteiger partial charge in [0.1, 0.15) is 0 Å². The Morgan fingerprint density at radius 3 is 2.41 bits per heavy atom. The Bertz CT molecular complexity index is 363. The Hall–Kier alpha value is -1.09. The second kappa shape index (κ2) is 6.01. The lowest BCUT2D eigenvalue weighted by atomic mass is 10.1. The maximum atomic E-state index is 13.7. The van der Waals surface area contributed by atoms with E-state index in [2.05, 4.69) is 13.8 Å². The SMILES string of the molecule is CC(C)CC(C)Oc1c(F)cccc1C(C)N. The number of para-hydroxylation sites is 1. The van der Waals surface area contributed by atoms with Crippen LogP contribution < -0.4 is 10.5 Å². The minimum Gasteiger partial charge on any atom is -0.487 e. The standard InChI is InChI=1S/C14H22FNO/c1-9(2)8-10(3)17-14-12(11(4)16)6-5-7-13(14)15/h5-7,9-11H,8,16H2,1-4H3. The molecule has 2 nitrogen and oxygen atoms in total. The molecule has 96 valence electrons. The second-order valence-corrected chi connectivity index (χ2v) is 5.00. The van der Waals surface area contributed by atoms with Crippen LogP contribution in [0.5, 0.6) is 5.75 Å². The van der Waals surface area contributed by atoms with Crippen molar-refractivity contribution in [3.63, 3.8) is 0 Å². The largest absolute Gasteiger partial charge is 0.487 e. The van der Waals surface area contributed by atoms with Crippen molar-refractivity contribution in [2.75, 3.05) is 0 Å². The van der Waals surface area contributed by atoms with Crippen LogP contribution in [-0.4, -0.2) is 6.10 Å². The van der Waals surface area contributed by atoms with Gasteiger partial charge in [-0.15, -0.1) is 0 Å². The summed E-state index contributed by atoms with van der Waals surface area (Å²) in [5.74, 6) is 0.488. The molecule has 1 rings (SSSR count). The molecule has 0 saturated heterocycles. The smallest absolute Gasteiger partial charge is 0.165 e. The topological polar surface area (TPSA) is 35.2 Å². The predicted molar refractivity (Wildman–Crippen MR) is 68.5 cm³/mol. The third-order valence-electron chi connectivity index (χ3n) is 2.61. The molecular formula is C14H22FNO. The van der Waals surface area contributed by atoms with E-state index in [0.717, 1.165) is 12.0 Å². The monoisotopic (exact) mass is 239 g/mol. The van der Waals surface area contributed by atoms with Crippen LogP contribution in [0.3, 0.4) is 0 Å². The van der Waals surface area contributed by atoms with Gasteiger partial charge in [-0.25, -0.2) is 4.39 Å². The molecule has 2 atom stereocenters. The number of benzene rings is 1. The van der Waals surface area contributed by atoms with Gasteiger partial charge in [-0.1, -0.05) is 26.0 Å². The molecule has 17 heavy (non-hydrogen) atoms. The van der Waals surface area contributed by atoms with Crippen molar-refractivity contribution >= 4 is 0 Å². The summed E-state index contributed by atoms with van der Waals surface area (Å²) in [4.78, 5) is 0. The van der Waals surface area contributed by atoms with E-state index in [1.807, 2.05) is 19.9 Å². The number of nitrogens with two attached hydrogens (primary N) is 1. The first kappa shape index (κ1) is 14.0. The molecule has 0 amide bonds. The molecule has 0 heterocycles. The second-order valence-electron chi connectivity index (χ2n) is 5.00. The molecule has 1 aromatic rings. The molecule has 0 saturated carbocycles. The lowest BCUT2D eigenvalue weighted by Gasteiger charge is -2.20. The number of hydrogen-bond donors (Lipinski definition) is 1. The molecule has 0 aliphatic heterocycles. The van der Waals surface area contributed by atoms with Crippen molar-refractivity contribution in [1.29, 1.82) is 0 Å². The van der Waals surface area contributed by atoms with Crippen LogP contribution >= 0.6 is 0 Å². The van der Waals surface area contributed by atoms with Gasteiger partial charge in [0.05, 0.1) is 6.10 Å². The van der Waals surface area contributed by atoms with E-state index in [9.17, 15) is 4.39 Å². The highest BCUT2D eigenvalue weighted by Crippen LogP contribution is 2.28. The van der Waals surface area contributed by atoms with E-state index in [1.165, 1.54) is 6.07 Å². The molecule has 0 spiro atoms. The van der Waals surface area contributed by atoms with Crippen LogP contribution in [0.15, 0.2) is 18.2 Å². The minimum atomic E-state index is -0.338. The van der Waals surface area contributed by atoms with Crippen molar-refractivity contribution in [3.8, 4) is 5.75 Å². The fourth-order valence-electron chi connectivity index (χ4n) is 1.92. The van der Waals surface area contributed by atoms with Crippen molar-refractivity contribution in [1.82, 2.24) is 0 Å². The molecule has 0 aromatic heterocycles. The summed E-state index contributed by atoms with van der Waals surface area (Å²) in [6, 6.07) is 4.65. The Labute approximate surface area is 103 Å². The summed E-state index contributed by atoms with van der Waals surface area (Å²) in [5, 5.41) is 0. The van der Waals surface area contributed by atoms with Crippen molar-refractivity contribution in [2.45, 2.75) is 46.3 Å². The maximum absolute atomic E-state index is 13.7. The molecular weight excluding hydrogens is 217 g/mol. The fraction of sp³-hybridized carbons (Fsp3) is 0.571. The minimum absolute atomic E-state index is 0.00981. The molecule has 0 aliphatic carbocycles. The summed E-state index contributed by atoms with van der Waals surface area (Å²) >= 11 is 0. The number of ether oxygens (including phenoxy) is 1. The Kier molecular flexibility index (Phi) is 4.94. The van der Waals surface area contributed by atoms with Crippen LogP contribution in [-0.2, 0) is 0 Å². The highest BCUT2D eigenvalue weighted by molar-refractivity contribution is 5.37. The van der Waals surface area contributed by atoms with Gasteiger partial charge in [-0.3, -0.25) is 0 Å². The number of rotatable bonds is 5. The average Bonchev–Trinajstić information content (AvgIpc) is 2.19. The Balaban J connectivity index is 2.89. The third kappa shape index (κ3) is 4.00. The lowest BCUT2D eigenvalue weighted by molar-refractivity contribution is 0.182. The zero-order valence-corrected chi connectivity index (χ0v) is 11.0. The van der Waals surface area contributed by atoms with Gasteiger partial charge in [-0.2, -0.15) is 0 Å². The van der Waals surface area contributed by atoms with Crippen LogP contribution in [0.25, 0.3) is 0 Å². The van der Waals surface area contributed by atoms with Crippen molar-refractivity contribution < 1.29 is 9.13 Å². The van der Waals surface area contributed by atoms with E-state index in [4.69, 9.17) is 10.5 Å². The molecule has 0 fully saturated rings. The van der Waals surface area contributed by atoms with Gasteiger partial charge >= 0.3 is 0 Å². The van der Waals surface area contributed by atoms with E-state index >= 15 is 0 Å². The zero-order valence-electron chi connectivity index (χ0n) is 11.0. The van der Waals surface area contributed by atoms with Gasteiger partial charge in [0.2, 0.25) is 0 Å². The quantitative estimate of drug-likeness (QED) is 0.851. The summed E-state index contributed by atoms with van der Waals surface area (Å²) in [5.41, 5.74) is 6.54. The van der Waals surface area contributed by atoms with E-state index < -0.39 is 0 Å². The first-order valence-corrected chi connectivity index (χ1v) is 6.12. The Morgan fingerprint density at radius 2 is 1.88 bits per heavy atom. The highest BCUT2D eigenvalue weighted by atomic mass is 19.1. The van der Waals surface area contributed by atoms with E-state index in [0.29, 0.717) is 11.7 Å². The summed E-state index contributed by atoms with van der Waals surface area (Å²) < 4.78 is 19.4. The summed E-state index contributed by atoms with van der Waals surface area (Å²) in [7, 11) is 0. The molecule has 0 bridgehead atoms. The summed E-state index contributed by atoms with van der Waals surface area (Å²) in [6.45, 7) is 8.02. The van der Waals surface area contributed by atoms with Crippen molar-refractivity contribution in [3.05, 3.63) is 29.6 Å². The van der Waals surface area contributed by atoms with E-state index in [1.54, 1.807) is 6.07 Å². The van der Waals surface area contributed by atoms with Crippen LogP contribution in [0.1, 0.15) is 45.7 Å². The maximum Gasteiger partial charge on any atom is 0.165 e. The van der Waals surface area contributed by atoms with Gasteiger partial charge in [-0.05, 0) is 32.3 Å². The van der Waals surface area contributed by atoms with E-state index in [-0.39, 0.29) is 18.0 Å².